The van der Waals surface area contributed by atoms with E-state index in [1.54, 1.807) is 19.1 Å². The molecule has 0 aliphatic heterocycles. The summed E-state index contributed by atoms with van der Waals surface area (Å²) < 4.78 is 29.2. The number of carbonyl (C=O) groups is 2. The zero-order valence-corrected chi connectivity index (χ0v) is 17.7. The first-order valence-corrected chi connectivity index (χ1v) is 11.8. The smallest absolute Gasteiger partial charge is 0.341 e. The summed E-state index contributed by atoms with van der Waals surface area (Å²) in [5, 5.41) is 3.19. The summed E-state index contributed by atoms with van der Waals surface area (Å²) in [6.45, 7) is 4.14. The summed E-state index contributed by atoms with van der Waals surface area (Å²) in [4.78, 5) is 26.5. The number of sulfone groups is 1. The van der Waals surface area contributed by atoms with Crippen LogP contribution < -0.4 is 5.32 Å². The first-order chi connectivity index (χ1) is 13.2. The average Bonchev–Trinajstić information content (AvgIpc) is 2.98. The molecule has 8 heteroatoms. The van der Waals surface area contributed by atoms with Crippen molar-refractivity contribution in [3.63, 3.8) is 0 Å². The third kappa shape index (κ3) is 4.12. The first kappa shape index (κ1) is 20.5. The molecule has 1 amide bonds. The number of nitrogens with one attached hydrogen (secondary N) is 1. The Bertz CT molecular complexity index is 1020. The molecule has 1 unspecified atom stereocenters. The lowest BCUT2D eigenvalue weighted by Gasteiger charge is -2.18. The highest BCUT2D eigenvalue weighted by Crippen LogP contribution is 2.40. The number of hydrogen-bond acceptors (Lipinski definition) is 6. The van der Waals surface area contributed by atoms with Gasteiger partial charge < -0.3 is 10.1 Å². The van der Waals surface area contributed by atoms with Gasteiger partial charge in [-0.2, -0.15) is 0 Å². The molecule has 0 saturated carbocycles. The SMILES string of the molecule is CCOC(=O)c1c(NC(=O)c2ccccc2S(C)(=O)=O)sc2c1CCC(C)C2. The second-order valence-corrected chi connectivity index (χ2v) is 10.1. The second-order valence-electron chi connectivity index (χ2n) is 7.00. The van der Waals surface area contributed by atoms with Gasteiger partial charge in [-0.05, 0) is 49.8 Å². The molecule has 3 rings (SSSR count). The van der Waals surface area contributed by atoms with Crippen molar-refractivity contribution >= 4 is 38.1 Å². The maximum atomic E-state index is 12.9. The molecule has 1 atom stereocenters. The summed E-state index contributed by atoms with van der Waals surface area (Å²) >= 11 is 1.37. The molecular weight excluding hydrogens is 398 g/mol. The number of carbonyl (C=O) groups excluding carboxylic acids is 2. The van der Waals surface area contributed by atoms with E-state index in [1.807, 2.05) is 0 Å². The van der Waals surface area contributed by atoms with Crippen LogP contribution in [0.5, 0.6) is 0 Å². The minimum Gasteiger partial charge on any atom is -0.462 e. The van der Waals surface area contributed by atoms with Gasteiger partial charge in [0, 0.05) is 11.1 Å². The van der Waals surface area contributed by atoms with Gasteiger partial charge in [0.2, 0.25) is 0 Å². The average molecular weight is 422 g/mol. The lowest BCUT2D eigenvalue weighted by Crippen LogP contribution is -2.18. The summed E-state index contributed by atoms with van der Waals surface area (Å²) in [7, 11) is -3.56. The number of anilines is 1. The molecule has 1 aliphatic carbocycles. The molecule has 1 aromatic heterocycles. The summed E-state index contributed by atoms with van der Waals surface area (Å²) in [5.74, 6) is -0.504. The lowest BCUT2D eigenvalue weighted by atomic mass is 9.88. The van der Waals surface area contributed by atoms with Crippen molar-refractivity contribution in [1.82, 2.24) is 0 Å². The minimum atomic E-state index is -3.56. The van der Waals surface area contributed by atoms with Gasteiger partial charge >= 0.3 is 5.97 Å². The standard InChI is InChI=1S/C20H23NO5S2/c1-4-26-20(23)17-13-10-9-12(2)11-15(13)27-19(17)21-18(22)14-7-5-6-8-16(14)28(3,24)25/h5-8,12H,4,9-11H2,1-3H3,(H,21,22). The highest BCUT2D eigenvalue weighted by atomic mass is 32.2. The van der Waals surface area contributed by atoms with Crippen molar-refractivity contribution in [3.05, 3.63) is 45.8 Å². The largest absolute Gasteiger partial charge is 0.462 e. The Kier molecular flexibility index (Phi) is 5.90. The zero-order chi connectivity index (χ0) is 20.5. The molecule has 150 valence electrons. The lowest BCUT2D eigenvalue weighted by molar-refractivity contribution is 0.0526. The van der Waals surface area contributed by atoms with Gasteiger partial charge in [-0.15, -0.1) is 11.3 Å². The van der Waals surface area contributed by atoms with E-state index < -0.39 is 21.7 Å². The third-order valence-corrected chi connectivity index (χ3v) is 7.07. The van der Waals surface area contributed by atoms with E-state index in [0.29, 0.717) is 16.5 Å². The maximum Gasteiger partial charge on any atom is 0.341 e. The Balaban J connectivity index is 2.01. The molecular formula is C20H23NO5S2. The molecule has 0 bridgehead atoms. The van der Waals surface area contributed by atoms with Crippen LogP contribution in [0.3, 0.4) is 0 Å². The van der Waals surface area contributed by atoms with Crippen LogP contribution >= 0.6 is 11.3 Å². The van der Waals surface area contributed by atoms with Crippen LogP contribution in [0.1, 0.15) is 51.4 Å². The predicted octanol–water partition coefficient (Wildman–Crippen LogP) is 3.71. The van der Waals surface area contributed by atoms with Crippen LogP contribution in [0.4, 0.5) is 5.00 Å². The van der Waals surface area contributed by atoms with Gasteiger partial charge in [-0.1, -0.05) is 19.1 Å². The Labute approximate surface area is 168 Å². The van der Waals surface area contributed by atoms with Gasteiger partial charge in [-0.3, -0.25) is 4.79 Å². The molecule has 1 aliphatic rings. The van der Waals surface area contributed by atoms with Crippen molar-refractivity contribution < 1.29 is 22.7 Å². The van der Waals surface area contributed by atoms with Crippen LogP contribution in [-0.2, 0) is 27.4 Å². The van der Waals surface area contributed by atoms with Crippen LogP contribution in [0.25, 0.3) is 0 Å². The second kappa shape index (κ2) is 8.05. The number of fused-ring (bicyclic) bond motifs is 1. The molecule has 28 heavy (non-hydrogen) atoms. The fourth-order valence-corrected chi connectivity index (χ4v) is 5.69. The monoisotopic (exact) mass is 421 g/mol. The van der Waals surface area contributed by atoms with Crippen molar-refractivity contribution in [2.45, 2.75) is 38.0 Å². The van der Waals surface area contributed by atoms with E-state index in [2.05, 4.69) is 12.2 Å². The van der Waals surface area contributed by atoms with Crippen LogP contribution in [0.15, 0.2) is 29.2 Å². The van der Waals surface area contributed by atoms with Crippen molar-refractivity contribution in [2.75, 3.05) is 18.2 Å². The summed E-state index contributed by atoms with van der Waals surface area (Å²) in [5.41, 5.74) is 1.40. The van der Waals surface area contributed by atoms with E-state index in [-0.39, 0.29) is 17.1 Å². The molecule has 1 heterocycles. The molecule has 0 saturated heterocycles. The van der Waals surface area contributed by atoms with E-state index >= 15 is 0 Å². The van der Waals surface area contributed by atoms with Crippen LogP contribution in [0.2, 0.25) is 0 Å². The van der Waals surface area contributed by atoms with Crippen LogP contribution in [0, 0.1) is 5.92 Å². The number of thiophene rings is 1. The number of esters is 1. The van der Waals surface area contributed by atoms with Crippen molar-refractivity contribution in [1.29, 1.82) is 0 Å². The van der Waals surface area contributed by atoms with Crippen LogP contribution in [-0.4, -0.2) is 33.2 Å². The number of benzene rings is 1. The molecule has 2 aromatic rings. The van der Waals surface area contributed by atoms with Gasteiger partial charge in [0.05, 0.1) is 22.6 Å². The van der Waals surface area contributed by atoms with E-state index in [0.717, 1.165) is 36.0 Å². The topological polar surface area (TPSA) is 89.5 Å². The Hall–Kier alpha value is -2.19. The molecule has 0 spiro atoms. The Morgan fingerprint density at radius 2 is 2.00 bits per heavy atom. The van der Waals surface area contributed by atoms with Gasteiger partial charge in [0.1, 0.15) is 5.00 Å². The summed E-state index contributed by atoms with van der Waals surface area (Å²) in [6, 6.07) is 6.04. The molecule has 0 radical (unpaired) electrons. The Morgan fingerprint density at radius 3 is 2.68 bits per heavy atom. The number of rotatable bonds is 5. The van der Waals surface area contributed by atoms with Crippen molar-refractivity contribution in [2.24, 2.45) is 5.92 Å². The first-order valence-electron chi connectivity index (χ1n) is 9.14. The highest BCUT2D eigenvalue weighted by molar-refractivity contribution is 7.90. The minimum absolute atomic E-state index is 0.0415. The number of amides is 1. The predicted molar refractivity (Wildman–Crippen MR) is 109 cm³/mol. The molecule has 1 aromatic carbocycles. The maximum absolute atomic E-state index is 12.9. The number of hydrogen-bond donors (Lipinski definition) is 1. The van der Waals surface area contributed by atoms with Gasteiger partial charge in [0.15, 0.2) is 9.84 Å². The quantitative estimate of drug-likeness (QED) is 0.744. The fourth-order valence-electron chi connectivity index (χ4n) is 3.41. The molecule has 6 nitrogen and oxygen atoms in total. The summed E-state index contributed by atoms with van der Waals surface area (Å²) in [6.07, 6.45) is 3.65. The molecule has 0 fully saturated rings. The fraction of sp³-hybridized carbons (Fsp3) is 0.400. The number of ether oxygens (including phenoxy) is 1. The third-order valence-electron chi connectivity index (χ3n) is 4.75. The van der Waals surface area contributed by atoms with E-state index in [4.69, 9.17) is 4.74 Å². The van der Waals surface area contributed by atoms with Gasteiger partial charge in [0.25, 0.3) is 5.91 Å². The van der Waals surface area contributed by atoms with E-state index in [1.165, 1.54) is 23.5 Å². The van der Waals surface area contributed by atoms with E-state index in [9.17, 15) is 18.0 Å². The Morgan fingerprint density at radius 1 is 1.29 bits per heavy atom. The van der Waals surface area contributed by atoms with Crippen molar-refractivity contribution in [3.8, 4) is 0 Å². The van der Waals surface area contributed by atoms with Gasteiger partial charge in [-0.25, -0.2) is 13.2 Å². The molecule has 1 N–H and O–H groups in total. The highest BCUT2D eigenvalue weighted by Gasteiger charge is 2.30. The zero-order valence-electron chi connectivity index (χ0n) is 16.1. The normalized spacial score (nSPS) is 16.3.